The van der Waals surface area contributed by atoms with Crippen molar-refractivity contribution in [2.24, 2.45) is 10.9 Å². The average molecular weight is 176 g/mol. The average Bonchev–Trinajstić information content (AvgIpc) is 2.63. The second-order valence-electron chi connectivity index (χ2n) is 2.63. The van der Waals surface area contributed by atoms with Gasteiger partial charge in [0.05, 0.1) is 18.0 Å². The van der Waals surface area contributed by atoms with Gasteiger partial charge in [0, 0.05) is 11.8 Å². The first-order valence-electron chi connectivity index (χ1n) is 3.71. The van der Waals surface area contributed by atoms with Crippen LogP contribution in [-0.4, -0.2) is 20.4 Å². The molecule has 0 aliphatic rings. The molecule has 2 aromatic rings. The Morgan fingerprint density at radius 2 is 2.38 bits per heavy atom. The minimum atomic E-state index is 0.0931. The molecule has 5 nitrogen and oxygen atoms in total. The molecule has 0 fully saturated rings. The zero-order chi connectivity index (χ0) is 9.26. The molecule has 0 spiro atoms. The minimum Gasteiger partial charge on any atom is -0.409 e. The summed E-state index contributed by atoms with van der Waals surface area (Å²) in [5.41, 5.74) is 7.05. The van der Waals surface area contributed by atoms with Gasteiger partial charge in [-0.05, 0) is 12.1 Å². The second kappa shape index (κ2) is 2.78. The molecule has 0 radical (unpaired) electrons. The van der Waals surface area contributed by atoms with Crippen molar-refractivity contribution in [2.75, 3.05) is 0 Å². The van der Waals surface area contributed by atoms with Crippen LogP contribution in [0, 0.1) is 0 Å². The molecule has 5 heteroatoms. The normalized spacial score (nSPS) is 12.2. The van der Waals surface area contributed by atoms with Crippen LogP contribution in [0.2, 0.25) is 0 Å². The van der Waals surface area contributed by atoms with Crippen LogP contribution in [0.4, 0.5) is 0 Å². The molecule has 0 atom stereocenters. The number of amidine groups is 1. The third-order valence-corrected chi connectivity index (χ3v) is 1.81. The number of oxime groups is 1. The number of rotatable bonds is 1. The van der Waals surface area contributed by atoms with Crippen LogP contribution in [0.1, 0.15) is 5.56 Å². The maximum atomic E-state index is 8.45. The quantitative estimate of drug-likeness (QED) is 0.286. The fraction of sp³-hybridized carbons (Fsp3) is 0. The Kier molecular flexibility index (Phi) is 1.63. The van der Waals surface area contributed by atoms with E-state index in [0.29, 0.717) is 5.56 Å². The van der Waals surface area contributed by atoms with Crippen LogP contribution in [0.5, 0.6) is 0 Å². The standard InChI is InChI=1S/C8H8N4O/c9-8(11-13)6-1-2-7-3-10-5-12(7)4-6/h1-5,13H,(H2,9,11). The van der Waals surface area contributed by atoms with E-state index in [1.165, 1.54) is 0 Å². The van der Waals surface area contributed by atoms with Gasteiger partial charge in [0.2, 0.25) is 0 Å². The monoisotopic (exact) mass is 176 g/mol. The summed E-state index contributed by atoms with van der Waals surface area (Å²) in [6, 6.07) is 3.62. The maximum Gasteiger partial charge on any atom is 0.171 e. The molecule has 2 heterocycles. The van der Waals surface area contributed by atoms with Crippen molar-refractivity contribution in [1.82, 2.24) is 9.38 Å². The molecule has 0 unspecified atom stereocenters. The van der Waals surface area contributed by atoms with Crippen LogP contribution < -0.4 is 5.73 Å². The lowest BCUT2D eigenvalue weighted by atomic mass is 10.2. The number of imidazole rings is 1. The van der Waals surface area contributed by atoms with Gasteiger partial charge in [0.1, 0.15) is 0 Å². The molecule has 3 N–H and O–H groups in total. The van der Waals surface area contributed by atoms with Crippen LogP contribution in [0.25, 0.3) is 5.52 Å². The molecule has 0 bridgehead atoms. The molecule has 0 amide bonds. The summed E-state index contributed by atoms with van der Waals surface area (Å²) < 4.78 is 1.80. The molecule has 2 rings (SSSR count). The smallest absolute Gasteiger partial charge is 0.171 e. The Labute approximate surface area is 74.1 Å². The van der Waals surface area contributed by atoms with E-state index < -0.39 is 0 Å². The fourth-order valence-electron chi connectivity index (χ4n) is 1.13. The van der Waals surface area contributed by atoms with E-state index in [-0.39, 0.29) is 5.84 Å². The highest BCUT2D eigenvalue weighted by Gasteiger charge is 1.99. The van der Waals surface area contributed by atoms with Gasteiger partial charge in [-0.15, -0.1) is 0 Å². The molecule has 0 saturated heterocycles. The van der Waals surface area contributed by atoms with E-state index in [4.69, 9.17) is 10.9 Å². The summed E-state index contributed by atoms with van der Waals surface area (Å²) in [6.07, 6.45) is 5.14. The number of nitrogens with zero attached hydrogens (tertiary/aromatic N) is 3. The number of hydrogen-bond donors (Lipinski definition) is 2. The van der Waals surface area contributed by atoms with E-state index in [1.54, 1.807) is 29.2 Å². The predicted octanol–water partition coefficient (Wildman–Crippen LogP) is 0.429. The first-order chi connectivity index (χ1) is 6.31. The van der Waals surface area contributed by atoms with Crippen molar-refractivity contribution < 1.29 is 5.21 Å². The molecule has 0 aliphatic heterocycles. The summed E-state index contributed by atoms with van der Waals surface area (Å²) >= 11 is 0. The highest BCUT2D eigenvalue weighted by atomic mass is 16.4. The van der Waals surface area contributed by atoms with Crippen molar-refractivity contribution in [3.63, 3.8) is 0 Å². The molecule has 66 valence electrons. The molecular weight excluding hydrogens is 168 g/mol. The highest BCUT2D eigenvalue weighted by Crippen LogP contribution is 2.04. The molecule has 0 aromatic carbocycles. The van der Waals surface area contributed by atoms with Crippen LogP contribution in [0.3, 0.4) is 0 Å². The number of fused-ring (bicyclic) bond motifs is 1. The maximum absolute atomic E-state index is 8.45. The highest BCUT2D eigenvalue weighted by molar-refractivity contribution is 5.96. The summed E-state index contributed by atoms with van der Waals surface area (Å²) in [4.78, 5) is 3.95. The Bertz CT molecular complexity index is 460. The lowest BCUT2D eigenvalue weighted by molar-refractivity contribution is 0.318. The molecular formula is C8H8N4O. The van der Waals surface area contributed by atoms with E-state index in [9.17, 15) is 0 Å². The SMILES string of the molecule is N/C(=N/O)c1ccc2cncn2c1. The van der Waals surface area contributed by atoms with Gasteiger partial charge in [-0.2, -0.15) is 0 Å². The number of hydrogen-bond acceptors (Lipinski definition) is 3. The molecule has 0 aliphatic carbocycles. The van der Waals surface area contributed by atoms with Crippen molar-refractivity contribution in [3.05, 3.63) is 36.4 Å². The van der Waals surface area contributed by atoms with Gasteiger partial charge >= 0.3 is 0 Å². The summed E-state index contributed by atoms with van der Waals surface area (Å²) in [5.74, 6) is 0.0931. The third-order valence-electron chi connectivity index (χ3n) is 1.81. The largest absolute Gasteiger partial charge is 0.409 e. The van der Waals surface area contributed by atoms with Gasteiger partial charge in [0.15, 0.2) is 5.84 Å². The summed E-state index contributed by atoms with van der Waals surface area (Å²) in [7, 11) is 0. The summed E-state index contributed by atoms with van der Waals surface area (Å²) in [6.45, 7) is 0. The van der Waals surface area contributed by atoms with E-state index in [2.05, 4.69) is 10.1 Å². The van der Waals surface area contributed by atoms with Crippen molar-refractivity contribution in [1.29, 1.82) is 0 Å². The van der Waals surface area contributed by atoms with Crippen LogP contribution in [-0.2, 0) is 0 Å². The summed E-state index contributed by atoms with van der Waals surface area (Å²) in [5, 5.41) is 11.4. The van der Waals surface area contributed by atoms with E-state index in [1.807, 2.05) is 6.07 Å². The van der Waals surface area contributed by atoms with Gasteiger partial charge in [-0.1, -0.05) is 5.16 Å². The first-order valence-corrected chi connectivity index (χ1v) is 3.71. The lowest BCUT2D eigenvalue weighted by Crippen LogP contribution is -2.13. The minimum absolute atomic E-state index is 0.0931. The van der Waals surface area contributed by atoms with Crippen molar-refractivity contribution >= 4 is 11.4 Å². The zero-order valence-corrected chi connectivity index (χ0v) is 6.75. The Hall–Kier alpha value is -2.04. The Morgan fingerprint density at radius 3 is 3.15 bits per heavy atom. The number of nitrogens with two attached hydrogens (primary N) is 1. The molecule has 0 saturated carbocycles. The third kappa shape index (κ3) is 1.20. The van der Waals surface area contributed by atoms with Crippen LogP contribution >= 0.6 is 0 Å². The Balaban J connectivity index is 2.60. The molecule has 2 aromatic heterocycles. The zero-order valence-electron chi connectivity index (χ0n) is 6.75. The van der Waals surface area contributed by atoms with Crippen molar-refractivity contribution in [2.45, 2.75) is 0 Å². The number of pyridine rings is 1. The fourth-order valence-corrected chi connectivity index (χ4v) is 1.13. The molecule has 13 heavy (non-hydrogen) atoms. The Morgan fingerprint density at radius 1 is 1.54 bits per heavy atom. The predicted molar refractivity (Wildman–Crippen MR) is 47.7 cm³/mol. The van der Waals surface area contributed by atoms with E-state index >= 15 is 0 Å². The van der Waals surface area contributed by atoms with E-state index in [0.717, 1.165) is 5.52 Å². The first kappa shape index (κ1) is 7.60. The van der Waals surface area contributed by atoms with Gasteiger partial charge in [0.25, 0.3) is 0 Å². The van der Waals surface area contributed by atoms with Gasteiger partial charge < -0.3 is 15.3 Å². The van der Waals surface area contributed by atoms with Gasteiger partial charge in [-0.3, -0.25) is 0 Å². The lowest BCUT2D eigenvalue weighted by Gasteiger charge is -1.99. The second-order valence-corrected chi connectivity index (χ2v) is 2.63. The van der Waals surface area contributed by atoms with Gasteiger partial charge in [-0.25, -0.2) is 4.98 Å². The van der Waals surface area contributed by atoms with Crippen molar-refractivity contribution in [3.8, 4) is 0 Å². The van der Waals surface area contributed by atoms with Crippen LogP contribution in [0.15, 0.2) is 36.0 Å². The topological polar surface area (TPSA) is 75.9 Å². The number of aromatic nitrogens is 2.